The van der Waals surface area contributed by atoms with Gasteiger partial charge in [-0.2, -0.15) is 0 Å². The van der Waals surface area contributed by atoms with Crippen LogP contribution in [0.1, 0.15) is 26.3 Å². The summed E-state index contributed by atoms with van der Waals surface area (Å²) in [7, 11) is 4.39. The van der Waals surface area contributed by atoms with E-state index in [0.717, 1.165) is 0 Å². The molecule has 0 aliphatic heterocycles. The minimum atomic E-state index is -1.19. The molecule has 2 N–H and O–H groups in total. The number of hydrogen-bond acceptors (Lipinski definition) is 6. The van der Waals surface area contributed by atoms with Crippen LogP contribution in [0.25, 0.3) is 0 Å². The van der Waals surface area contributed by atoms with E-state index in [1.165, 1.54) is 21.3 Å². The third-order valence-corrected chi connectivity index (χ3v) is 3.20. The van der Waals surface area contributed by atoms with Crippen LogP contribution >= 0.6 is 0 Å². The normalized spacial score (nSPS) is 12.1. The number of amides is 1. The van der Waals surface area contributed by atoms with Crippen LogP contribution in [0.3, 0.4) is 0 Å². The summed E-state index contributed by atoms with van der Waals surface area (Å²) >= 11 is 0. The van der Waals surface area contributed by atoms with E-state index < -0.39 is 23.7 Å². The Balaban J connectivity index is 3.06. The van der Waals surface area contributed by atoms with Gasteiger partial charge in [-0.1, -0.05) is 6.07 Å². The van der Waals surface area contributed by atoms with Gasteiger partial charge in [0.25, 0.3) is 0 Å². The number of carboxylic acids is 1. The van der Waals surface area contributed by atoms with Gasteiger partial charge in [0, 0.05) is 12.0 Å². The minimum Gasteiger partial charge on any atom is -0.493 e. The van der Waals surface area contributed by atoms with Crippen molar-refractivity contribution >= 4 is 12.1 Å². The van der Waals surface area contributed by atoms with Crippen molar-refractivity contribution in [1.82, 2.24) is 5.32 Å². The van der Waals surface area contributed by atoms with Crippen LogP contribution in [0.4, 0.5) is 4.79 Å². The van der Waals surface area contributed by atoms with Crippen molar-refractivity contribution in [2.75, 3.05) is 21.3 Å². The third-order valence-electron chi connectivity index (χ3n) is 3.20. The highest BCUT2D eigenvalue weighted by molar-refractivity contribution is 5.80. The van der Waals surface area contributed by atoms with Crippen LogP contribution in [0.2, 0.25) is 0 Å². The molecule has 0 saturated carbocycles. The maximum Gasteiger partial charge on any atom is 0.408 e. The average molecular weight is 355 g/mol. The average Bonchev–Trinajstić information content (AvgIpc) is 2.51. The van der Waals surface area contributed by atoms with Crippen molar-refractivity contribution in [3.63, 3.8) is 0 Å². The molecule has 1 rings (SSSR count). The Morgan fingerprint density at radius 1 is 1.08 bits per heavy atom. The molecule has 0 spiro atoms. The molecule has 0 heterocycles. The van der Waals surface area contributed by atoms with Gasteiger partial charge in [-0.15, -0.1) is 0 Å². The van der Waals surface area contributed by atoms with Crippen molar-refractivity contribution in [2.24, 2.45) is 0 Å². The standard InChI is InChI=1S/C17H25NO7/c1-17(2,3)25-16(21)18-11(15(19)20)9-10-7-8-12(22-4)14(24-6)13(10)23-5/h7-8,11H,9H2,1-6H3,(H,18,21)(H,19,20)/t11-/m1/s1. The second-order valence-electron chi connectivity index (χ2n) is 6.23. The van der Waals surface area contributed by atoms with Crippen LogP contribution in [0.15, 0.2) is 12.1 Å². The number of rotatable bonds is 7. The van der Waals surface area contributed by atoms with Gasteiger partial charge in [0.1, 0.15) is 11.6 Å². The molecule has 0 aliphatic carbocycles. The zero-order valence-electron chi connectivity index (χ0n) is 15.3. The first-order chi connectivity index (χ1) is 11.6. The number of nitrogens with one attached hydrogen (secondary N) is 1. The Kier molecular flexibility index (Phi) is 6.90. The molecule has 0 saturated heterocycles. The molecule has 1 atom stereocenters. The van der Waals surface area contributed by atoms with E-state index in [1.54, 1.807) is 32.9 Å². The van der Waals surface area contributed by atoms with Crippen molar-refractivity contribution in [3.8, 4) is 17.2 Å². The monoisotopic (exact) mass is 355 g/mol. The van der Waals surface area contributed by atoms with E-state index in [9.17, 15) is 14.7 Å². The first-order valence-electron chi connectivity index (χ1n) is 7.63. The summed E-state index contributed by atoms with van der Waals surface area (Å²) in [6, 6.07) is 2.11. The first kappa shape index (κ1) is 20.4. The van der Waals surface area contributed by atoms with Crippen molar-refractivity contribution in [3.05, 3.63) is 17.7 Å². The van der Waals surface area contributed by atoms with Gasteiger partial charge in [-0.25, -0.2) is 9.59 Å². The van der Waals surface area contributed by atoms with E-state index in [2.05, 4.69) is 5.32 Å². The molecule has 1 aromatic carbocycles. The molecular weight excluding hydrogens is 330 g/mol. The fourth-order valence-corrected chi connectivity index (χ4v) is 2.19. The molecule has 0 radical (unpaired) electrons. The maximum atomic E-state index is 11.9. The second-order valence-corrected chi connectivity index (χ2v) is 6.23. The highest BCUT2D eigenvalue weighted by atomic mass is 16.6. The highest BCUT2D eigenvalue weighted by Gasteiger charge is 2.26. The van der Waals surface area contributed by atoms with Crippen molar-refractivity contribution in [1.29, 1.82) is 0 Å². The number of hydrogen-bond donors (Lipinski definition) is 2. The first-order valence-corrected chi connectivity index (χ1v) is 7.63. The van der Waals surface area contributed by atoms with Crippen LogP contribution in [-0.4, -0.2) is 50.1 Å². The van der Waals surface area contributed by atoms with E-state index in [0.29, 0.717) is 22.8 Å². The molecule has 0 aliphatic rings. The van der Waals surface area contributed by atoms with E-state index >= 15 is 0 Å². The number of alkyl carbamates (subject to hydrolysis) is 1. The number of carbonyl (C=O) groups excluding carboxylic acids is 1. The SMILES string of the molecule is COc1ccc(C[C@@H](NC(=O)OC(C)(C)C)C(=O)O)c(OC)c1OC. The Morgan fingerprint density at radius 2 is 1.68 bits per heavy atom. The fraction of sp³-hybridized carbons (Fsp3) is 0.529. The lowest BCUT2D eigenvalue weighted by atomic mass is 10.0. The molecule has 1 amide bonds. The maximum absolute atomic E-state index is 11.9. The number of methoxy groups -OCH3 is 3. The summed E-state index contributed by atoms with van der Waals surface area (Å²) in [6.45, 7) is 5.08. The predicted molar refractivity (Wildman–Crippen MR) is 90.6 cm³/mol. The number of carboxylic acid groups (broad SMARTS) is 1. The molecule has 0 aromatic heterocycles. The largest absolute Gasteiger partial charge is 0.493 e. The summed E-state index contributed by atoms with van der Waals surface area (Å²) < 4.78 is 20.9. The summed E-state index contributed by atoms with van der Waals surface area (Å²) in [6.07, 6.45) is -0.822. The highest BCUT2D eigenvalue weighted by Crippen LogP contribution is 2.40. The minimum absolute atomic E-state index is 0.0158. The van der Waals surface area contributed by atoms with Gasteiger partial charge in [-0.3, -0.25) is 0 Å². The molecule has 25 heavy (non-hydrogen) atoms. The predicted octanol–water partition coefficient (Wildman–Crippen LogP) is 2.23. The molecule has 1 aromatic rings. The fourth-order valence-electron chi connectivity index (χ4n) is 2.19. The number of benzene rings is 1. The summed E-state index contributed by atoms with van der Waals surface area (Å²) in [5, 5.41) is 11.8. The van der Waals surface area contributed by atoms with Gasteiger partial charge in [0.2, 0.25) is 5.75 Å². The summed E-state index contributed by atoms with van der Waals surface area (Å²) in [4.78, 5) is 23.4. The molecular formula is C17H25NO7. The third kappa shape index (κ3) is 5.74. The van der Waals surface area contributed by atoms with E-state index in [1.807, 2.05) is 0 Å². The molecule has 0 unspecified atom stereocenters. The zero-order valence-corrected chi connectivity index (χ0v) is 15.3. The number of carbonyl (C=O) groups is 2. The number of ether oxygens (including phenoxy) is 4. The Labute approximate surface area is 147 Å². The van der Waals surface area contributed by atoms with Crippen LogP contribution in [-0.2, 0) is 16.0 Å². The lowest BCUT2D eigenvalue weighted by Gasteiger charge is -2.22. The van der Waals surface area contributed by atoms with Gasteiger partial charge in [0.05, 0.1) is 21.3 Å². The van der Waals surface area contributed by atoms with E-state index in [4.69, 9.17) is 18.9 Å². The zero-order chi connectivity index (χ0) is 19.2. The molecule has 8 heteroatoms. The topological polar surface area (TPSA) is 103 Å². The molecule has 0 fully saturated rings. The Bertz CT molecular complexity index is 622. The Hall–Kier alpha value is -2.64. The van der Waals surface area contributed by atoms with Gasteiger partial charge >= 0.3 is 12.1 Å². The van der Waals surface area contributed by atoms with Crippen molar-refractivity contribution < 1.29 is 33.6 Å². The second kappa shape index (κ2) is 8.46. The van der Waals surface area contributed by atoms with Gasteiger partial charge in [0.15, 0.2) is 11.5 Å². The molecule has 8 nitrogen and oxygen atoms in total. The molecule has 0 bridgehead atoms. The van der Waals surface area contributed by atoms with Gasteiger partial charge < -0.3 is 29.4 Å². The Morgan fingerprint density at radius 3 is 2.12 bits per heavy atom. The summed E-state index contributed by atoms with van der Waals surface area (Å²) in [5.74, 6) is -0.0410. The molecule has 140 valence electrons. The lowest BCUT2D eigenvalue weighted by molar-refractivity contribution is -0.139. The lowest BCUT2D eigenvalue weighted by Crippen LogP contribution is -2.44. The number of aliphatic carboxylic acids is 1. The smallest absolute Gasteiger partial charge is 0.408 e. The van der Waals surface area contributed by atoms with Gasteiger partial charge in [-0.05, 0) is 26.8 Å². The van der Waals surface area contributed by atoms with Crippen LogP contribution < -0.4 is 19.5 Å². The quantitative estimate of drug-likeness (QED) is 0.773. The van der Waals surface area contributed by atoms with Crippen molar-refractivity contribution in [2.45, 2.75) is 38.8 Å². The summed E-state index contributed by atoms with van der Waals surface area (Å²) in [5.41, 5.74) is -0.183. The van der Waals surface area contributed by atoms with Crippen LogP contribution in [0.5, 0.6) is 17.2 Å². The van der Waals surface area contributed by atoms with Crippen LogP contribution in [0, 0.1) is 0 Å². The van der Waals surface area contributed by atoms with E-state index in [-0.39, 0.29) is 6.42 Å².